The molecule has 7 nitrogen and oxygen atoms in total. The summed E-state index contributed by atoms with van der Waals surface area (Å²) < 4.78 is 5.82. The van der Waals surface area contributed by atoms with Crippen LogP contribution in [-0.2, 0) is 4.74 Å². The van der Waals surface area contributed by atoms with Crippen LogP contribution in [0.4, 0.5) is 31.4 Å². The number of hydrogen-bond acceptors (Lipinski definition) is 4. The Kier molecular flexibility index (Phi) is 7.33. The molecule has 4 bridgehead atoms. The predicted octanol–water partition coefficient (Wildman–Crippen LogP) is 8.52. The molecule has 0 saturated heterocycles. The van der Waals surface area contributed by atoms with Crippen molar-refractivity contribution in [2.24, 2.45) is 17.3 Å². The van der Waals surface area contributed by atoms with Crippen LogP contribution in [0.2, 0.25) is 0 Å². The van der Waals surface area contributed by atoms with Gasteiger partial charge in [0.25, 0.3) is 11.3 Å². The van der Waals surface area contributed by atoms with E-state index < -0.39 is 19.2 Å². The molecule has 3 aromatic carbocycles. The Morgan fingerprint density at radius 2 is 1.12 bits per heavy atom. The van der Waals surface area contributed by atoms with Gasteiger partial charge in [-0.05, 0) is 86.8 Å². The van der Waals surface area contributed by atoms with Gasteiger partial charge in [-0.25, -0.2) is 4.79 Å². The van der Waals surface area contributed by atoms with Crippen molar-refractivity contribution in [2.75, 3.05) is 22.6 Å². The molecule has 4 saturated carbocycles. The van der Waals surface area contributed by atoms with Crippen LogP contribution in [0.15, 0.2) is 91.0 Å². The summed E-state index contributed by atoms with van der Waals surface area (Å²) in [5.74, 6) is 0.835. The van der Waals surface area contributed by atoms with Gasteiger partial charge in [-0.3, -0.25) is 14.9 Å². The van der Waals surface area contributed by atoms with Crippen LogP contribution >= 0.6 is 7.92 Å². The van der Waals surface area contributed by atoms with Gasteiger partial charge < -0.3 is 15.4 Å². The maximum absolute atomic E-state index is 14.0. The Morgan fingerprint density at radius 1 is 0.675 bits per heavy atom. The number of carbonyl (C=O) groups is 3. The number of amides is 3. The number of hydrogen-bond donors (Lipinski definition) is 3. The minimum atomic E-state index is -1.76. The largest absolute Gasteiger partial charge is 0.449 e. The maximum Gasteiger partial charge on any atom is 0.411 e. The molecule has 40 heavy (non-hydrogen) atoms. The highest BCUT2D eigenvalue weighted by Gasteiger charge is 2.63. The summed E-state index contributed by atoms with van der Waals surface area (Å²) in [6, 6.07) is 28.0. The zero-order valence-corrected chi connectivity index (χ0v) is 23.2. The second-order valence-electron chi connectivity index (χ2n) is 11.7. The zero-order chi connectivity index (χ0) is 27.6. The molecule has 3 aromatic rings. The smallest absolute Gasteiger partial charge is 0.411 e. The predicted molar refractivity (Wildman–Crippen MR) is 159 cm³/mol. The van der Waals surface area contributed by atoms with Crippen LogP contribution in [0.1, 0.15) is 38.5 Å². The second-order valence-corrected chi connectivity index (χ2v) is 14.1. The van der Waals surface area contributed by atoms with E-state index in [1.54, 1.807) is 0 Å². The molecule has 4 aliphatic rings. The quantitative estimate of drug-likeness (QED) is 0.243. The first-order chi connectivity index (χ1) is 19.4. The Labute approximate surface area is 235 Å². The van der Waals surface area contributed by atoms with Crippen LogP contribution in [0.3, 0.4) is 0 Å². The molecular formula is C32H34N3O4P. The van der Waals surface area contributed by atoms with Gasteiger partial charge in [0.1, 0.15) is 0 Å². The average Bonchev–Trinajstić information content (AvgIpc) is 2.93. The molecule has 3 N–H and O–H groups in total. The highest BCUT2D eigenvalue weighted by Crippen LogP contribution is 2.72. The van der Waals surface area contributed by atoms with Crippen molar-refractivity contribution in [3.8, 4) is 0 Å². The maximum atomic E-state index is 14.0. The topological polar surface area (TPSA) is 96.5 Å². The molecule has 4 fully saturated rings. The van der Waals surface area contributed by atoms with Crippen LogP contribution in [0.5, 0.6) is 0 Å². The minimum Gasteiger partial charge on any atom is -0.449 e. The van der Waals surface area contributed by atoms with Crippen molar-refractivity contribution in [3.05, 3.63) is 91.0 Å². The van der Waals surface area contributed by atoms with E-state index in [0.717, 1.165) is 32.1 Å². The number of anilines is 3. The Hall–Kier alpha value is -3.70. The number of ether oxygens (including phenoxy) is 1. The number of carbonyl (C=O) groups excluding carboxylic acids is 3. The normalized spacial score (nSPS) is 26.2. The lowest BCUT2D eigenvalue weighted by Crippen LogP contribution is -2.57. The third kappa shape index (κ3) is 5.62. The van der Waals surface area contributed by atoms with E-state index in [4.69, 9.17) is 4.74 Å². The van der Waals surface area contributed by atoms with E-state index in [0.29, 0.717) is 41.9 Å². The van der Waals surface area contributed by atoms with Gasteiger partial charge in [0.15, 0.2) is 0 Å². The fourth-order valence-electron chi connectivity index (χ4n) is 7.65. The lowest BCUT2D eigenvalue weighted by Gasteiger charge is -2.63. The fraction of sp³-hybridized carbons (Fsp3) is 0.344. The van der Waals surface area contributed by atoms with E-state index in [1.165, 1.54) is 0 Å². The summed E-state index contributed by atoms with van der Waals surface area (Å²) in [6.07, 6.45) is 5.00. The molecule has 4 aliphatic carbocycles. The summed E-state index contributed by atoms with van der Waals surface area (Å²) in [5, 5.41) is 8.49. The van der Waals surface area contributed by atoms with Crippen molar-refractivity contribution < 1.29 is 19.1 Å². The Morgan fingerprint density at radius 3 is 1.60 bits per heavy atom. The first kappa shape index (κ1) is 26.5. The molecule has 2 atom stereocenters. The molecule has 206 valence electrons. The van der Waals surface area contributed by atoms with E-state index in [-0.39, 0.29) is 16.7 Å². The van der Waals surface area contributed by atoms with E-state index in [9.17, 15) is 14.4 Å². The SMILES string of the molecule is O=C(Nc1ccccc1)OCC12CC3CC(C1)CC(P(C(=O)Nc1ccccc1)C(=O)Nc1ccccc1)(C3)C2. The molecule has 0 aliphatic heterocycles. The van der Waals surface area contributed by atoms with Crippen LogP contribution in [-0.4, -0.2) is 29.2 Å². The Bertz CT molecular complexity index is 1300. The number of nitrogens with one attached hydrogen (secondary N) is 3. The van der Waals surface area contributed by atoms with Crippen molar-refractivity contribution in [1.82, 2.24) is 0 Å². The van der Waals surface area contributed by atoms with E-state index >= 15 is 0 Å². The number of benzene rings is 3. The Balaban J connectivity index is 1.25. The van der Waals surface area contributed by atoms with E-state index in [1.807, 2.05) is 91.0 Å². The molecule has 7 rings (SSSR count). The van der Waals surface area contributed by atoms with Gasteiger partial charge in [-0.2, -0.15) is 0 Å². The first-order valence-corrected chi connectivity index (χ1v) is 15.3. The molecule has 0 aromatic heterocycles. The first-order valence-electron chi connectivity index (χ1n) is 13.9. The van der Waals surface area contributed by atoms with Gasteiger partial charge in [-0.1, -0.05) is 54.6 Å². The van der Waals surface area contributed by atoms with E-state index in [2.05, 4.69) is 16.0 Å². The average molecular weight is 556 g/mol. The summed E-state index contributed by atoms with van der Waals surface area (Å²) in [6.45, 7) is 0.296. The zero-order valence-electron chi connectivity index (χ0n) is 22.3. The highest BCUT2D eigenvalue weighted by molar-refractivity contribution is 7.90. The lowest BCUT2D eigenvalue weighted by atomic mass is 9.49. The summed E-state index contributed by atoms with van der Waals surface area (Å²) >= 11 is 0. The van der Waals surface area contributed by atoms with Gasteiger partial charge in [-0.15, -0.1) is 0 Å². The number of para-hydroxylation sites is 3. The summed E-state index contributed by atoms with van der Waals surface area (Å²) in [7, 11) is -1.76. The van der Waals surface area contributed by atoms with Crippen molar-refractivity contribution in [3.63, 3.8) is 0 Å². The molecule has 0 radical (unpaired) electrons. The lowest BCUT2D eigenvalue weighted by molar-refractivity contribution is -0.0695. The van der Waals surface area contributed by atoms with Gasteiger partial charge >= 0.3 is 6.09 Å². The van der Waals surface area contributed by atoms with Crippen molar-refractivity contribution in [2.45, 2.75) is 43.7 Å². The van der Waals surface area contributed by atoms with Crippen LogP contribution < -0.4 is 16.0 Å². The number of rotatable bonds is 8. The van der Waals surface area contributed by atoms with Gasteiger partial charge in [0.2, 0.25) is 0 Å². The van der Waals surface area contributed by atoms with Crippen molar-refractivity contribution in [1.29, 1.82) is 0 Å². The standard InChI is InChI=1S/C32H34N3O4P/c36-28(33-25-10-4-1-5-11-25)39-22-31-17-23-16-24(18-31)20-32(19-23,21-31)40(29(37)34-26-12-6-2-7-13-26)30(38)35-27-14-8-3-9-15-27/h1-15,23-24H,16-22H2,(H,33,36)(H,34,37)(H,35,38). The fourth-order valence-corrected chi connectivity index (χ4v) is 10.6. The van der Waals surface area contributed by atoms with Crippen molar-refractivity contribution >= 4 is 42.4 Å². The molecular weight excluding hydrogens is 521 g/mol. The summed E-state index contributed by atoms with van der Waals surface area (Å²) in [5.41, 5.74) is 1.41. The van der Waals surface area contributed by atoms with Gasteiger partial charge in [0, 0.05) is 27.6 Å². The minimum absolute atomic E-state index is 0.213. The summed E-state index contributed by atoms with van der Waals surface area (Å²) in [4.78, 5) is 40.7. The molecule has 0 spiro atoms. The second kappa shape index (κ2) is 11.1. The molecule has 2 unspecified atom stereocenters. The monoisotopic (exact) mass is 555 g/mol. The molecule has 8 heteroatoms. The molecule has 3 amide bonds. The third-order valence-corrected chi connectivity index (χ3v) is 11.1. The van der Waals surface area contributed by atoms with Crippen LogP contribution in [0.25, 0.3) is 0 Å². The highest BCUT2D eigenvalue weighted by atomic mass is 31.1. The van der Waals surface area contributed by atoms with Gasteiger partial charge in [0.05, 0.1) is 14.5 Å². The van der Waals surface area contributed by atoms with Crippen LogP contribution in [0, 0.1) is 17.3 Å². The third-order valence-electron chi connectivity index (χ3n) is 8.61. The molecule has 0 heterocycles.